The molecule has 0 aromatic heterocycles. The molecule has 1 aromatic rings. The third-order valence-electron chi connectivity index (χ3n) is 3.66. The molecule has 1 aromatic carbocycles. The smallest absolute Gasteiger partial charge is 0.240 e. The van der Waals surface area contributed by atoms with Crippen molar-refractivity contribution in [3.05, 3.63) is 29.8 Å². The van der Waals surface area contributed by atoms with Gasteiger partial charge in [-0.1, -0.05) is 17.7 Å². The summed E-state index contributed by atoms with van der Waals surface area (Å²) in [6.45, 7) is 3.34. The van der Waals surface area contributed by atoms with Crippen molar-refractivity contribution in [1.29, 1.82) is 0 Å². The Morgan fingerprint density at radius 3 is 2.64 bits per heavy atom. The van der Waals surface area contributed by atoms with E-state index in [2.05, 4.69) is 15.4 Å². The average Bonchev–Trinajstić information content (AvgIpc) is 2.97. The lowest BCUT2D eigenvalue weighted by molar-refractivity contribution is -0.121. The molecule has 1 amide bonds. The van der Waals surface area contributed by atoms with Crippen molar-refractivity contribution >= 4 is 15.9 Å². The van der Waals surface area contributed by atoms with E-state index < -0.39 is 10.0 Å². The molecule has 2 rings (SSSR count). The van der Waals surface area contributed by atoms with Crippen molar-refractivity contribution in [1.82, 2.24) is 15.4 Å². The third-order valence-corrected chi connectivity index (χ3v) is 5.14. The molecule has 1 fully saturated rings. The summed E-state index contributed by atoms with van der Waals surface area (Å²) >= 11 is 0. The Morgan fingerprint density at radius 2 is 2.00 bits per heavy atom. The van der Waals surface area contributed by atoms with Crippen molar-refractivity contribution in [2.24, 2.45) is 0 Å². The minimum Gasteiger partial charge on any atom is -0.355 e. The number of sulfonamides is 1. The van der Waals surface area contributed by atoms with Gasteiger partial charge in [-0.2, -0.15) is 0 Å². The first-order chi connectivity index (χ1) is 10.5. The molecule has 1 atom stereocenters. The van der Waals surface area contributed by atoms with Gasteiger partial charge in [-0.15, -0.1) is 0 Å². The first-order valence-electron chi connectivity index (χ1n) is 7.54. The van der Waals surface area contributed by atoms with Crippen LogP contribution in [0.4, 0.5) is 0 Å². The number of benzene rings is 1. The highest BCUT2D eigenvalue weighted by atomic mass is 32.2. The SMILES string of the molecule is Cc1ccc(S(=O)(=O)NCCNC(=O)CC2CCCN2)cc1. The van der Waals surface area contributed by atoms with Gasteiger partial charge in [0.1, 0.15) is 0 Å². The van der Waals surface area contributed by atoms with Crippen LogP contribution >= 0.6 is 0 Å². The monoisotopic (exact) mass is 325 g/mol. The molecule has 0 spiro atoms. The normalized spacial score (nSPS) is 18.3. The van der Waals surface area contributed by atoms with Gasteiger partial charge in [0.15, 0.2) is 0 Å². The average molecular weight is 325 g/mol. The standard InChI is InChI=1S/C15H23N3O3S/c1-12-4-6-14(7-5-12)22(20,21)18-10-9-17-15(19)11-13-3-2-8-16-13/h4-7,13,16,18H,2-3,8-11H2,1H3,(H,17,19). The molecule has 1 heterocycles. The fourth-order valence-electron chi connectivity index (χ4n) is 2.41. The number of hydrogen-bond acceptors (Lipinski definition) is 4. The molecule has 7 heteroatoms. The zero-order valence-electron chi connectivity index (χ0n) is 12.8. The van der Waals surface area contributed by atoms with Crippen LogP contribution in [-0.2, 0) is 14.8 Å². The van der Waals surface area contributed by atoms with Crippen molar-refractivity contribution < 1.29 is 13.2 Å². The summed E-state index contributed by atoms with van der Waals surface area (Å²) < 4.78 is 26.6. The van der Waals surface area contributed by atoms with Crippen LogP contribution in [0.15, 0.2) is 29.2 Å². The highest BCUT2D eigenvalue weighted by Crippen LogP contribution is 2.09. The minimum atomic E-state index is -3.51. The Morgan fingerprint density at radius 1 is 1.27 bits per heavy atom. The fourth-order valence-corrected chi connectivity index (χ4v) is 3.45. The second-order valence-electron chi connectivity index (χ2n) is 5.56. The molecule has 122 valence electrons. The number of nitrogens with one attached hydrogen (secondary N) is 3. The number of carbonyl (C=O) groups excluding carboxylic acids is 1. The van der Waals surface area contributed by atoms with E-state index in [1.807, 2.05) is 6.92 Å². The van der Waals surface area contributed by atoms with Gasteiger partial charge in [-0.05, 0) is 38.4 Å². The van der Waals surface area contributed by atoms with Gasteiger partial charge in [-0.25, -0.2) is 13.1 Å². The number of amides is 1. The lowest BCUT2D eigenvalue weighted by atomic mass is 10.1. The zero-order chi connectivity index (χ0) is 16.0. The maximum atomic E-state index is 12.0. The van der Waals surface area contributed by atoms with Gasteiger partial charge in [0.2, 0.25) is 15.9 Å². The van der Waals surface area contributed by atoms with E-state index in [1.165, 1.54) is 0 Å². The maximum absolute atomic E-state index is 12.0. The lowest BCUT2D eigenvalue weighted by Crippen LogP contribution is -2.37. The van der Waals surface area contributed by atoms with Gasteiger partial charge in [-0.3, -0.25) is 4.79 Å². The van der Waals surface area contributed by atoms with Crippen LogP contribution in [0.25, 0.3) is 0 Å². The zero-order valence-corrected chi connectivity index (χ0v) is 13.6. The van der Waals surface area contributed by atoms with E-state index in [0.717, 1.165) is 24.9 Å². The molecule has 0 aliphatic carbocycles. The Kier molecular flexibility index (Phi) is 5.93. The highest BCUT2D eigenvalue weighted by Gasteiger charge is 2.17. The molecule has 1 unspecified atom stereocenters. The summed E-state index contributed by atoms with van der Waals surface area (Å²) in [7, 11) is -3.51. The van der Waals surface area contributed by atoms with Crippen LogP contribution in [0.2, 0.25) is 0 Å². The second-order valence-corrected chi connectivity index (χ2v) is 7.33. The molecular formula is C15H23N3O3S. The van der Waals surface area contributed by atoms with Crippen molar-refractivity contribution in [2.75, 3.05) is 19.6 Å². The van der Waals surface area contributed by atoms with E-state index in [4.69, 9.17) is 0 Å². The Labute approximate surface area is 131 Å². The Bertz CT molecular complexity index is 593. The summed E-state index contributed by atoms with van der Waals surface area (Å²) in [6.07, 6.45) is 2.58. The van der Waals surface area contributed by atoms with Gasteiger partial charge < -0.3 is 10.6 Å². The van der Waals surface area contributed by atoms with Crippen LogP contribution in [0.5, 0.6) is 0 Å². The molecule has 1 saturated heterocycles. The molecule has 0 radical (unpaired) electrons. The molecule has 0 saturated carbocycles. The molecule has 1 aliphatic heterocycles. The van der Waals surface area contributed by atoms with Crippen LogP contribution in [0.1, 0.15) is 24.8 Å². The van der Waals surface area contributed by atoms with Crippen molar-refractivity contribution in [3.63, 3.8) is 0 Å². The van der Waals surface area contributed by atoms with E-state index in [9.17, 15) is 13.2 Å². The third kappa shape index (κ3) is 5.08. The fraction of sp³-hybridized carbons (Fsp3) is 0.533. The summed E-state index contributed by atoms with van der Waals surface area (Å²) in [4.78, 5) is 11.9. The highest BCUT2D eigenvalue weighted by molar-refractivity contribution is 7.89. The largest absolute Gasteiger partial charge is 0.355 e. The first-order valence-corrected chi connectivity index (χ1v) is 9.02. The second kappa shape index (κ2) is 7.71. The number of rotatable bonds is 7. The van der Waals surface area contributed by atoms with Gasteiger partial charge >= 0.3 is 0 Å². The summed E-state index contributed by atoms with van der Waals surface area (Å²) in [6, 6.07) is 6.91. The predicted molar refractivity (Wildman–Crippen MR) is 85.0 cm³/mol. The van der Waals surface area contributed by atoms with E-state index in [0.29, 0.717) is 6.42 Å². The van der Waals surface area contributed by atoms with Crippen LogP contribution in [0, 0.1) is 6.92 Å². The van der Waals surface area contributed by atoms with Crippen molar-refractivity contribution in [3.8, 4) is 0 Å². The van der Waals surface area contributed by atoms with Gasteiger partial charge in [0.25, 0.3) is 0 Å². The number of aryl methyl sites for hydroxylation is 1. The van der Waals surface area contributed by atoms with Crippen LogP contribution < -0.4 is 15.4 Å². The van der Waals surface area contributed by atoms with E-state index in [-0.39, 0.29) is 29.9 Å². The molecule has 6 nitrogen and oxygen atoms in total. The van der Waals surface area contributed by atoms with E-state index in [1.54, 1.807) is 24.3 Å². The molecule has 0 bridgehead atoms. The first kappa shape index (κ1) is 16.9. The van der Waals surface area contributed by atoms with E-state index >= 15 is 0 Å². The topological polar surface area (TPSA) is 87.3 Å². The molecule has 1 aliphatic rings. The number of hydrogen-bond donors (Lipinski definition) is 3. The summed E-state index contributed by atoms with van der Waals surface area (Å²) in [5.74, 6) is -0.0473. The Balaban J connectivity index is 1.71. The molecule has 3 N–H and O–H groups in total. The predicted octanol–water partition coefficient (Wildman–Crippen LogP) is 0.532. The molecular weight excluding hydrogens is 302 g/mol. The van der Waals surface area contributed by atoms with Crippen LogP contribution in [0.3, 0.4) is 0 Å². The van der Waals surface area contributed by atoms with Crippen molar-refractivity contribution in [2.45, 2.75) is 37.1 Å². The number of carbonyl (C=O) groups is 1. The molecule has 22 heavy (non-hydrogen) atoms. The Hall–Kier alpha value is -1.44. The van der Waals surface area contributed by atoms with Crippen LogP contribution in [-0.4, -0.2) is 40.0 Å². The summed E-state index contributed by atoms with van der Waals surface area (Å²) in [5.41, 5.74) is 1.01. The minimum absolute atomic E-state index is 0.0473. The summed E-state index contributed by atoms with van der Waals surface area (Å²) in [5, 5.41) is 5.99. The maximum Gasteiger partial charge on any atom is 0.240 e. The van der Waals surface area contributed by atoms with Gasteiger partial charge in [0.05, 0.1) is 4.90 Å². The lowest BCUT2D eigenvalue weighted by Gasteiger charge is -2.11. The quantitative estimate of drug-likeness (QED) is 0.638. The van der Waals surface area contributed by atoms with Gasteiger partial charge in [0, 0.05) is 25.6 Å².